The Morgan fingerprint density at radius 1 is 0.967 bits per heavy atom. The molecule has 1 aromatic heterocycles. The van der Waals surface area contributed by atoms with Gasteiger partial charge in [0.25, 0.3) is 5.91 Å². The van der Waals surface area contributed by atoms with E-state index in [2.05, 4.69) is 36.1 Å². The van der Waals surface area contributed by atoms with Crippen molar-refractivity contribution in [1.29, 1.82) is 0 Å². The Balaban J connectivity index is 1.59. The van der Waals surface area contributed by atoms with Crippen LogP contribution in [0, 0.1) is 6.92 Å². The van der Waals surface area contributed by atoms with Crippen LogP contribution in [-0.4, -0.2) is 51.7 Å². The van der Waals surface area contributed by atoms with E-state index in [-0.39, 0.29) is 10.8 Å². The zero-order chi connectivity index (χ0) is 21.3. The van der Waals surface area contributed by atoms with Crippen LogP contribution in [0.25, 0.3) is 11.1 Å². The Hall–Kier alpha value is -2.64. The van der Waals surface area contributed by atoms with Crippen molar-refractivity contribution in [3.8, 4) is 11.1 Å². The number of sulfone groups is 1. The Morgan fingerprint density at radius 2 is 1.67 bits per heavy atom. The first-order valence-electron chi connectivity index (χ1n) is 9.80. The predicted molar refractivity (Wildman–Crippen MR) is 122 cm³/mol. The van der Waals surface area contributed by atoms with Gasteiger partial charge in [-0.3, -0.25) is 4.79 Å². The van der Waals surface area contributed by atoms with E-state index in [0.717, 1.165) is 29.9 Å². The second kappa shape index (κ2) is 8.24. The van der Waals surface area contributed by atoms with Crippen molar-refractivity contribution >= 4 is 32.8 Å². The standard InChI is InChI=1S/C23H24N2O3S2/c1-17-3-5-19(6-4-17)24-10-12-25(13-11-24)23(26)22-15-20(30(2,27)28)7-8-21(22)18-9-14-29-16-18/h3-9,14-16H,10-13H2,1-2H3. The van der Waals surface area contributed by atoms with Crippen LogP contribution in [0.5, 0.6) is 0 Å². The van der Waals surface area contributed by atoms with Gasteiger partial charge < -0.3 is 9.80 Å². The minimum atomic E-state index is -3.40. The van der Waals surface area contributed by atoms with E-state index < -0.39 is 9.84 Å². The van der Waals surface area contributed by atoms with Crippen LogP contribution in [0.15, 0.2) is 64.2 Å². The number of carbonyl (C=O) groups excluding carboxylic acids is 1. The summed E-state index contributed by atoms with van der Waals surface area (Å²) in [4.78, 5) is 17.7. The molecule has 2 heterocycles. The summed E-state index contributed by atoms with van der Waals surface area (Å²) in [6, 6.07) is 15.2. The summed E-state index contributed by atoms with van der Waals surface area (Å²) in [6.45, 7) is 4.75. The minimum Gasteiger partial charge on any atom is -0.368 e. The molecule has 4 rings (SSSR count). The lowest BCUT2D eigenvalue weighted by atomic mass is 10.0. The summed E-state index contributed by atoms with van der Waals surface area (Å²) in [6.07, 6.45) is 1.17. The Bertz CT molecular complexity index is 1150. The van der Waals surface area contributed by atoms with Gasteiger partial charge in [-0.2, -0.15) is 11.3 Å². The van der Waals surface area contributed by atoms with E-state index in [1.54, 1.807) is 23.5 Å². The van der Waals surface area contributed by atoms with Crippen LogP contribution in [0.2, 0.25) is 0 Å². The van der Waals surface area contributed by atoms with Gasteiger partial charge in [0.15, 0.2) is 9.84 Å². The number of thiophene rings is 1. The topological polar surface area (TPSA) is 57.7 Å². The zero-order valence-corrected chi connectivity index (χ0v) is 18.7. The van der Waals surface area contributed by atoms with Gasteiger partial charge in [0.2, 0.25) is 0 Å². The number of piperazine rings is 1. The number of amides is 1. The van der Waals surface area contributed by atoms with Crippen molar-refractivity contribution in [2.24, 2.45) is 0 Å². The van der Waals surface area contributed by atoms with Crippen molar-refractivity contribution in [2.75, 3.05) is 37.3 Å². The summed E-state index contributed by atoms with van der Waals surface area (Å²) >= 11 is 1.55. The molecule has 1 aliphatic heterocycles. The molecule has 7 heteroatoms. The minimum absolute atomic E-state index is 0.120. The van der Waals surface area contributed by atoms with Crippen molar-refractivity contribution < 1.29 is 13.2 Å². The molecule has 0 aliphatic carbocycles. The molecule has 3 aromatic rings. The lowest BCUT2D eigenvalue weighted by Crippen LogP contribution is -2.48. The van der Waals surface area contributed by atoms with Gasteiger partial charge in [-0.1, -0.05) is 23.8 Å². The van der Waals surface area contributed by atoms with Gasteiger partial charge in [-0.05, 0) is 59.1 Å². The van der Waals surface area contributed by atoms with E-state index in [0.29, 0.717) is 18.7 Å². The Morgan fingerprint density at radius 3 is 2.27 bits per heavy atom. The van der Waals surface area contributed by atoms with E-state index in [9.17, 15) is 13.2 Å². The average Bonchev–Trinajstić information content (AvgIpc) is 3.28. The summed E-state index contributed by atoms with van der Waals surface area (Å²) in [5.41, 5.74) is 4.53. The van der Waals surface area contributed by atoms with Gasteiger partial charge in [0.1, 0.15) is 0 Å². The first-order valence-corrected chi connectivity index (χ1v) is 12.6. The summed E-state index contributed by atoms with van der Waals surface area (Å²) in [5, 5.41) is 3.93. The predicted octanol–water partition coefficient (Wildman–Crippen LogP) is 4.09. The molecule has 0 bridgehead atoms. The molecule has 2 aromatic carbocycles. The number of anilines is 1. The number of hydrogen-bond donors (Lipinski definition) is 0. The molecule has 1 fully saturated rings. The highest BCUT2D eigenvalue weighted by Gasteiger charge is 2.25. The van der Waals surface area contributed by atoms with E-state index in [4.69, 9.17) is 0 Å². The largest absolute Gasteiger partial charge is 0.368 e. The second-order valence-electron chi connectivity index (χ2n) is 7.61. The average molecular weight is 441 g/mol. The quantitative estimate of drug-likeness (QED) is 0.613. The lowest BCUT2D eigenvalue weighted by molar-refractivity contribution is 0.0747. The molecule has 1 aliphatic rings. The number of hydrogen-bond acceptors (Lipinski definition) is 5. The third kappa shape index (κ3) is 4.27. The molecule has 5 nitrogen and oxygen atoms in total. The lowest BCUT2D eigenvalue weighted by Gasteiger charge is -2.36. The second-order valence-corrected chi connectivity index (χ2v) is 10.4. The molecule has 0 radical (unpaired) electrons. The maximum atomic E-state index is 13.4. The van der Waals surface area contributed by atoms with Crippen molar-refractivity contribution in [2.45, 2.75) is 11.8 Å². The molecule has 0 unspecified atom stereocenters. The van der Waals surface area contributed by atoms with E-state index in [1.165, 1.54) is 17.9 Å². The Labute approximate surface area is 181 Å². The third-order valence-electron chi connectivity index (χ3n) is 5.45. The van der Waals surface area contributed by atoms with Crippen LogP contribution in [0.1, 0.15) is 15.9 Å². The van der Waals surface area contributed by atoms with Crippen molar-refractivity contribution in [1.82, 2.24) is 4.90 Å². The highest BCUT2D eigenvalue weighted by molar-refractivity contribution is 7.90. The van der Waals surface area contributed by atoms with Gasteiger partial charge >= 0.3 is 0 Å². The molecular formula is C23H24N2O3S2. The monoisotopic (exact) mass is 440 g/mol. The smallest absolute Gasteiger partial charge is 0.254 e. The van der Waals surface area contributed by atoms with Crippen LogP contribution >= 0.6 is 11.3 Å². The molecule has 1 saturated heterocycles. The molecule has 0 saturated carbocycles. The number of aryl methyl sites for hydroxylation is 1. The number of rotatable bonds is 4. The maximum Gasteiger partial charge on any atom is 0.254 e. The fourth-order valence-corrected chi connectivity index (χ4v) is 5.00. The first-order chi connectivity index (χ1) is 14.3. The van der Waals surface area contributed by atoms with Gasteiger partial charge in [0, 0.05) is 43.7 Å². The van der Waals surface area contributed by atoms with Crippen LogP contribution in [0.3, 0.4) is 0 Å². The third-order valence-corrected chi connectivity index (χ3v) is 7.24. The zero-order valence-electron chi connectivity index (χ0n) is 17.0. The van der Waals surface area contributed by atoms with Crippen molar-refractivity contribution in [3.05, 3.63) is 70.4 Å². The summed E-state index contributed by atoms with van der Waals surface area (Å²) in [5.74, 6) is -0.120. The normalized spacial score (nSPS) is 14.7. The molecule has 156 valence electrons. The number of nitrogens with zero attached hydrogens (tertiary/aromatic N) is 2. The van der Waals surface area contributed by atoms with Crippen molar-refractivity contribution in [3.63, 3.8) is 0 Å². The molecular weight excluding hydrogens is 416 g/mol. The van der Waals surface area contributed by atoms with Crippen LogP contribution in [0.4, 0.5) is 5.69 Å². The number of carbonyl (C=O) groups is 1. The molecule has 30 heavy (non-hydrogen) atoms. The number of benzene rings is 2. The molecule has 0 spiro atoms. The van der Waals surface area contributed by atoms with Gasteiger partial charge in [-0.15, -0.1) is 0 Å². The highest BCUT2D eigenvalue weighted by Crippen LogP contribution is 2.29. The van der Waals surface area contributed by atoms with E-state index >= 15 is 0 Å². The Kier molecular flexibility index (Phi) is 5.66. The summed E-state index contributed by atoms with van der Waals surface area (Å²) < 4.78 is 24.2. The molecule has 0 atom stereocenters. The molecule has 1 amide bonds. The van der Waals surface area contributed by atoms with Crippen LogP contribution < -0.4 is 4.90 Å². The van der Waals surface area contributed by atoms with Gasteiger partial charge in [-0.25, -0.2) is 8.42 Å². The highest BCUT2D eigenvalue weighted by atomic mass is 32.2. The SMILES string of the molecule is Cc1ccc(N2CCN(C(=O)c3cc(S(C)(=O)=O)ccc3-c3ccsc3)CC2)cc1. The fraction of sp³-hybridized carbons (Fsp3) is 0.261. The summed E-state index contributed by atoms with van der Waals surface area (Å²) in [7, 11) is -3.40. The molecule has 0 N–H and O–H groups in total. The fourth-order valence-electron chi connectivity index (χ4n) is 3.69. The first kappa shape index (κ1) is 20.6. The van der Waals surface area contributed by atoms with Gasteiger partial charge in [0.05, 0.1) is 4.90 Å². The van der Waals surface area contributed by atoms with E-state index in [1.807, 2.05) is 21.7 Å². The van der Waals surface area contributed by atoms with Crippen LogP contribution in [-0.2, 0) is 9.84 Å². The maximum absolute atomic E-state index is 13.4.